The molecule has 0 spiro atoms. The number of aliphatic imine (C=N–C) groups is 1. The molecule has 0 radical (unpaired) electrons. The molecule has 0 aliphatic carbocycles. The van der Waals surface area contributed by atoms with Crippen molar-refractivity contribution in [2.75, 3.05) is 6.61 Å². The highest BCUT2D eigenvalue weighted by molar-refractivity contribution is 6.33. The van der Waals surface area contributed by atoms with E-state index in [4.69, 9.17) is 21.6 Å². The number of hydrogen-bond donors (Lipinski definition) is 0. The second-order valence-corrected chi connectivity index (χ2v) is 3.50. The maximum absolute atomic E-state index is 11.3. The third-order valence-electron chi connectivity index (χ3n) is 1.89. The third-order valence-corrected chi connectivity index (χ3v) is 2.21. The zero-order chi connectivity index (χ0) is 12.7. The van der Waals surface area contributed by atoms with Crippen LogP contribution < -0.4 is 0 Å². The molecule has 1 aromatic rings. The van der Waals surface area contributed by atoms with E-state index < -0.39 is 11.9 Å². The van der Waals surface area contributed by atoms with Gasteiger partial charge in [-0.1, -0.05) is 23.7 Å². The summed E-state index contributed by atoms with van der Waals surface area (Å²) in [7, 11) is 0. The van der Waals surface area contributed by atoms with Crippen LogP contribution in [0.3, 0.4) is 0 Å². The van der Waals surface area contributed by atoms with Crippen LogP contribution >= 0.6 is 11.6 Å². The van der Waals surface area contributed by atoms with Crippen molar-refractivity contribution in [2.45, 2.75) is 6.92 Å². The van der Waals surface area contributed by atoms with Crippen molar-refractivity contribution in [3.8, 4) is 6.07 Å². The Bertz CT molecular complexity index is 466. The van der Waals surface area contributed by atoms with E-state index in [1.165, 1.54) is 6.21 Å². The largest absolute Gasteiger partial charge is 0.465 e. The molecule has 0 heterocycles. The molecular weight excluding hydrogens is 240 g/mol. The molecule has 4 nitrogen and oxygen atoms in total. The summed E-state index contributed by atoms with van der Waals surface area (Å²) in [5.74, 6) is -1.61. The van der Waals surface area contributed by atoms with Gasteiger partial charge in [-0.3, -0.25) is 9.79 Å². The van der Waals surface area contributed by atoms with Crippen LogP contribution in [0.2, 0.25) is 5.02 Å². The summed E-state index contributed by atoms with van der Waals surface area (Å²) >= 11 is 5.88. The van der Waals surface area contributed by atoms with E-state index in [-0.39, 0.29) is 6.61 Å². The quantitative estimate of drug-likeness (QED) is 0.610. The lowest BCUT2D eigenvalue weighted by Gasteiger charge is -2.02. The van der Waals surface area contributed by atoms with E-state index in [2.05, 4.69) is 4.99 Å². The summed E-state index contributed by atoms with van der Waals surface area (Å²) in [5, 5.41) is 9.26. The first-order chi connectivity index (χ1) is 8.19. The van der Waals surface area contributed by atoms with Gasteiger partial charge in [-0.15, -0.1) is 0 Å². The first kappa shape index (κ1) is 13.2. The molecule has 0 aliphatic rings. The zero-order valence-electron chi connectivity index (χ0n) is 9.26. The Kier molecular flexibility index (Phi) is 5.18. The van der Waals surface area contributed by atoms with Crippen molar-refractivity contribution in [3.63, 3.8) is 0 Å². The minimum Gasteiger partial charge on any atom is -0.465 e. The average molecular weight is 251 g/mol. The van der Waals surface area contributed by atoms with Crippen LogP contribution in [0.5, 0.6) is 0 Å². The molecule has 0 aromatic heterocycles. The second-order valence-electron chi connectivity index (χ2n) is 3.09. The van der Waals surface area contributed by atoms with E-state index in [1.54, 1.807) is 31.2 Å². The average Bonchev–Trinajstić information content (AvgIpc) is 2.32. The maximum atomic E-state index is 11.3. The van der Waals surface area contributed by atoms with Gasteiger partial charge >= 0.3 is 5.97 Å². The van der Waals surface area contributed by atoms with Gasteiger partial charge in [0.05, 0.1) is 23.4 Å². The molecule has 1 atom stereocenters. The lowest BCUT2D eigenvalue weighted by molar-refractivity contribution is -0.143. The number of halogens is 1. The van der Waals surface area contributed by atoms with Gasteiger partial charge in [0.2, 0.25) is 0 Å². The minimum absolute atomic E-state index is 0.233. The molecule has 0 bridgehead atoms. The molecule has 0 saturated carbocycles. The van der Waals surface area contributed by atoms with Crippen LogP contribution in [0.25, 0.3) is 0 Å². The lowest BCUT2D eigenvalue weighted by Crippen LogP contribution is -2.17. The van der Waals surface area contributed by atoms with Gasteiger partial charge in [0.15, 0.2) is 5.92 Å². The van der Waals surface area contributed by atoms with Gasteiger partial charge < -0.3 is 4.74 Å². The number of ether oxygens (including phenoxy) is 1. The summed E-state index contributed by atoms with van der Waals surface area (Å²) < 4.78 is 4.73. The van der Waals surface area contributed by atoms with Crippen molar-refractivity contribution in [1.82, 2.24) is 0 Å². The number of rotatable bonds is 4. The molecule has 1 unspecified atom stereocenters. The predicted molar refractivity (Wildman–Crippen MR) is 65.3 cm³/mol. The lowest BCUT2D eigenvalue weighted by atomic mass is 10.2. The van der Waals surface area contributed by atoms with Gasteiger partial charge in [-0.25, -0.2) is 0 Å². The molecule has 0 fully saturated rings. The van der Waals surface area contributed by atoms with Crippen LogP contribution in [0, 0.1) is 17.2 Å². The van der Waals surface area contributed by atoms with E-state index in [9.17, 15) is 4.79 Å². The molecule has 0 N–H and O–H groups in total. The topological polar surface area (TPSA) is 62.5 Å². The summed E-state index contributed by atoms with van der Waals surface area (Å²) in [6.45, 7) is 1.91. The van der Waals surface area contributed by atoms with Gasteiger partial charge in [-0.2, -0.15) is 5.26 Å². The number of nitrogens with zero attached hydrogens (tertiary/aromatic N) is 2. The van der Waals surface area contributed by atoms with Gasteiger partial charge in [0.25, 0.3) is 0 Å². The fraction of sp³-hybridized carbons (Fsp3) is 0.250. The van der Waals surface area contributed by atoms with Crippen LogP contribution in [-0.4, -0.2) is 18.8 Å². The molecule has 0 amide bonds. The molecular formula is C12H11ClN2O2. The number of hydrogen-bond acceptors (Lipinski definition) is 4. The number of esters is 1. The van der Waals surface area contributed by atoms with E-state index >= 15 is 0 Å². The Morgan fingerprint density at radius 1 is 1.65 bits per heavy atom. The SMILES string of the molecule is CCOC(=O)C(C#N)C=Nc1ccccc1Cl. The first-order valence-corrected chi connectivity index (χ1v) is 5.41. The number of carbonyl (C=O) groups is 1. The van der Waals surface area contributed by atoms with Crippen LogP contribution in [0.4, 0.5) is 5.69 Å². The van der Waals surface area contributed by atoms with Crippen molar-refractivity contribution < 1.29 is 9.53 Å². The smallest absolute Gasteiger partial charge is 0.328 e. The highest BCUT2D eigenvalue weighted by Gasteiger charge is 2.16. The van der Waals surface area contributed by atoms with Crippen molar-refractivity contribution in [2.24, 2.45) is 10.9 Å². The Morgan fingerprint density at radius 2 is 2.35 bits per heavy atom. The molecule has 1 rings (SSSR count). The van der Waals surface area contributed by atoms with E-state index in [1.807, 2.05) is 6.07 Å². The van der Waals surface area contributed by atoms with Crippen molar-refractivity contribution in [3.05, 3.63) is 29.3 Å². The second kappa shape index (κ2) is 6.66. The first-order valence-electron chi connectivity index (χ1n) is 5.04. The molecule has 0 saturated heterocycles. The minimum atomic E-state index is -1.01. The highest BCUT2D eigenvalue weighted by atomic mass is 35.5. The van der Waals surface area contributed by atoms with Gasteiger partial charge in [-0.05, 0) is 19.1 Å². The number of carbonyl (C=O) groups excluding carboxylic acids is 1. The van der Waals surface area contributed by atoms with Gasteiger partial charge in [0.1, 0.15) is 0 Å². The fourth-order valence-corrected chi connectivity index (χ4v) is 1.27. The Labute approximate surface area is 104 Å². The van der Waals surface area contributed by atoms with Crippen LogP contribution in [-0.2, 0) is 9.53 Å². The number of benzene rings is 1. The molecule has 88 valence electrons. The van der Waals surface area contributed by atoms with E-state index in [0.29, 0.717) is 10.7 Å². The zero-order valence-corrected chi connectivity index (χ0v) is 10.0. The van der Waals surface area contributed by atoms with E-state index in [0.717, 1.165) is 0 Å². The maximum Gasteiger partial charge on any atom is 0.328 e. The normalized spacial score (nSPS) is 12.1. The van der Waals surface area contributed by atoms with Crippen LogP contribution in [0.1, 0.15) is 6.92 Å². The summed E-state index contributed by atoms with van der Waals surface area (Å²) in [6, 6.07) is 8.72. The monoisotopic (exact) mass is 250 g/mol. The van der Waals surface area contributed by atoms with Crippen LogP contribution in [0.15, 0.2) is 29.3 Å². The van der Waals surface area contributed by atoms with Crippen molar-refractivity contribution in [1.29, 1.82) is 5.26 Å². The molecule has 1 aromatic carbocycles. The van der Waals surface area contributed by atoms with Crippen molar-refractivity contribution >= 4 is 29.5 Å². The third kappa shape index (κ3) is 3.89. The number of nitriles is 1. The Hall–Kier alpha value is -1.86. The highest BCUT2D eigenvalue weighted by Crippen LogP contribution is 2.23. The Balaban J connectivity index is 2.79. The molecule has 17 heavy (non-hydrogen) atoms. The Morgan fingerprint density at radius 3 is 2.94 bits per heavy atom. The molecule has 5 heteroatoms. The molecule has 0 aliphatic heterocycles. The summed E-state index contributed by atoms with van der Waals surface area (Å²) in [4.78, 5) is 15.3. The summed E-state index contributed by atoms with van der Waals surface area (Å²) in [6.07, 6.45) is 1.24. The fourth-order valence-electron chi connectivity index (χ4n) is 1.09. The summed E-state index contributed by atoms with van der Waals surface area (Å²) in [5.41, 5.74) is 0.513. The standard InChI is InChI=1S/C12H11ClN2O2/c1-2-17-12(16)9(7-14)8-15-11-6-4-3-5-10(11)13/h3-6,8-9H,2H2,1H3. The number of para-hydroxylation sites is 1. The predicted octanol–water partition coefficient (Wildman–Crippen LogP) is 2.75. The van der Waals surface area contributed by atoms with Gasteiger partial charge in [0, 0.05) is 6.21 Å².